The van der Waals surface area contributed by atoms with E-state index in [2.05, 4.69) is 15.3 Å². The second kappa shape index (κ2) is 2.58. The minimum absolute atomic E-state index is 0.245. The van der Waals surface area contributed by atoms with Crippen LogP contribution in [-0.2, 0) is 7.05 Å². The fraction of sp³-hybridized carbons (Fsp3) is 0.286. The van der Waals surface area contributed by atoms with Crippen molar-refractivity contribution in [2.45, 2.75) is 6.92 Å². The Morgan fingerprint density at radius 3 is 2.77 bits per heavy atom. The number of hydrogen-bond acceptors (Lipinski definition) is 3. The number of nitrogens with one attached hydrogen (secondary N) is 1. The van der Waals surface area contributed by atoms with Crippen LogP contribution >= 0.6 is 0 Å². The second-order valence-electron chi connectivity index (χ2n) is 2.78. The number of aryl methyl sites for hydroxylation is 2. The smallest absolute Gasteiger partial charge is 0.274 e. The van der Waals surface area contributed by atoms with Crippen molar-refractivity contribution in [1.29, 1.82) is 0 Å². The fourth-order valence-electron chi connectivity index (χ4n) is 1.20. The van der Waals surface area contributed by atoms with E-state index in [1.165, 1.54) is 4.57 Å². The Hall–Kier alpha value is -1.85. The van der Waals surface area contributed by atoms with Crippen LogP contribution in [0.25, 0.3) is 5.69 Å². The Morgan fingerprint density at radius 2 is 2.31 bits per heavy atom. The first kappa shape index (κ1) is 7.78. The molecule has 0 bridgehead atoms. The van der Waals surface area contributed by atoms with Crippen LogP contribution in [0.4, 0.5) is 0 Å². The molecule has 0 unspecified atom stereocenters. The van der Waals surface area contributed by atoms with E-state index in [-0.39, 0.29) is 5.69 Å². The van der Waals surface area contributed by atoms with E-state index in [0.717, 1.165) is 5.69 Å². The molecule has 0 saturated heterocycles. The van der Waals surface area contributed by atoms with Crippen molar-refractivity contribution >= 4 is 0 Å². The van der Waals surface area contributed by atoms with Gasteiger partial charge in [-0.25, -0.2) is 14.5 Å². The van der Waals surface area contributed by atoms with Gasteiger partial charge < -0.3 is 0 Å². The molecule has 0 atom stereocenters. The molecule has 0 aliphatic heterocycles. The first-order valence-corrected chi connectivity index (χ1v) is 3.81. The number of H-pyrrole nitrogens is 1. The van der Waals surface area contributed by atoms with Gasteiger partial charge in [0.2, 0.25) is 0 Å². The van der Waals surface area contributed by atoms with Crippen molar-refractivity contribution in [2.75, 3.05) is 0 Å². The lowest BCUT2D eigenvalue weighted by Gasteiger charge is -1.95. The molecular formula is C7H9N5O. The highest BCUT2D eigenvalue weighted by molar-refractivity contribution is 5.25. The van der Waals surface area contributed by atoms with Gasteiger partial charge in [0.25, 0.3) is 0 Å². The molecule has 0 aliphatic carbocycles. The van der Waals surface area contributed by atoms with Crippen LogP contribution < -0.4 is 5.69 Å². The molecular weight excluding hydrogens is 170 g/mol. The van der Waals surface area contributed by atoms with Crippen molar-refractivity contribution < 1.29 is 0 Å². The molecule has 2 heterocycles. The lowest BCUT2D eigenvalue weighted by Crippen LogP contribution is -2.15. The summed E-state index contributed by atoms with van der Waals surface area (Å²) in [6, 6.07) is 0. The number of rotatable bonds is 1. The maximum absolute atomic E-state index is 11.3. The molecule has 0 aliphatic rings. The van der Waals surface area contributed by atoms with E-state index < -0.39 is 0 Å². The zero-order chi connectivity index (χ0) is 9.42. The lowest BCUT2D eigenvalue weighted by molar-refractivity contribution is 0.766. The van der Waals surface area contributed by atoms with Gasteiger partial charge in [-0.05, 0) is 6.92 Å². The second-order valence-corrected chi connectivity index (χ2v) is 2.78. The summed E-state index contributed by atoms with van der Waals surface area (Å²) in [6.45, 7) is 1.75. The first-order valence-electron chi connectivity index (χ1n) is 3.81. The zero-order valence-corrected chi connectivity index (χ0v) is 7.35. The minimum atomic E-state index is -0.245. The molecule has 68 valence electrons. The summed E-state index contributed by atoms with van der Waals surface area (Å²) < 4.78 is 3.10. The number of nitrogens with zero attached hydrogens (tertiary/aromatic N) is 4. The third-order valence-corrected chi connectivity index (χ3v) is 1.79. The van der Waals surface area contributed by atoms with Gasteiger partial charge in [-0.1, -0.05) is 0 Å². The first-order chi connectivity index (χ1) is 6.18. The van der Waals surface area contributed by atoms with Gasteiger partial charge in [0, 0.05) is 13.2 Å². The largest absolute Gasteiger partial charge is 0.348 e. The monoisotopic (exact) mass is 179 g/mol. The van der Waals surface area contributed by atoms with E-state index in [0.29, 0.717) is 5.82 Å². The van der Waals surface area contributed by atoms with Gasteiger partial charge in [0.05, 0.1) is 11.9 Å². The van der Waals surface area contributed by atoms with Gasteiger partial charge in [-0.2, -0.15) is 10.2 Å². The molecule has 0 amide bonds. The quantitative estimate of drug-likeness (QED) is 0.647. The molecule has 6 heteroatoms. The molecule has 13 heavy (non-hydrogen) atoms. The molecule has 0 fully saturated rings. The summed E-state index contributed by atoms with van der Waals surface area (Å²) in [5.74, 6) is 0.623. The third-order valence-electron chi connectivity index (χ3n) is 1.79. The van der Waals surface area contributed by atoms with Crippen LogP contribution in [0.15, 0.2) is 17.2 Å². The van der Waals surface area contributed by atoms with Crippen molar-refractivity contribution in [3.05, 3.63) is 28.7 Å². The molecule has 0 radical (unpaired) electrons. The maximum atomic E-state index is 11.3. The van der Waals surface area contributed by atoms with Crippen LogP contribution in [0, 0.1) is 6.92 Å². The van der Waals surface area contributed by atoms with Crippen molar-refractivity contribution in [3.8, 4) is 5.69 Å². The van der Waals surface area contributed by atoms with Gasteiger partial charge in [0.1, 0.15) is 5.82 Å². The number of aromatic amines is 1. The summed E-state index contributed by atoms with van der Waals surface area (Å²) in [4.78, 5) is 11.3. The summed E-state index contributed by atoms with van der Waals surface area (Å²) in [5.41, 5.74) is 0.476. The Bertz CT molecular complexity index is 477. The van der Waals surface area contributed by atoms with Crippen LogP contribution in [0.3, 0.4) is 0 Å². The Labute approximate surface area is 73.8 Å². The number of hydrogen-bond donors (Lipinski definition) is 1. The van der Waals surface area contributed by atoms with Crippen molar-refractivity contribution in [3.63, 3.8) is 0 Å². The topological polar surface area (TPSA) is 68.5 Å². The van der Waals surface area contributed by atoms with Crippen molar-refractivity contribution in [1.82, 2.24) is 24.5 Å². The molecule has 2 rings (SSSR count). The molecule has 2 aromatic rings. The maximum Gasteiger partial charge on any atom is 0.348 e. The highest BCUT2D eigenvalue weighted by Crippen LogP contribution is 2.02. The van der Waals surface area contributed by atoms with Crippen LogP contribution in [-0.4, -0.2) is 24.5 Å². The summed E-state index contributed by atoms with van der Waals surface area (Å²) >= 11 is 0. The summed E-state index contributed by atoms with van der Waals surface area (Å²) in [6.07, 6.45) is 3.37. The molecule has 0 aromatic carbocycles. The average Bonchev–Trinajstić information content (AvgIpc) is 2.60. The van der Waals surface area contributed by atoms with Gasteiger partial charge in [0.15, 0.2) is 0 Å². The van der Waals surface area contributed by atoms with Gasteiger partial charge in [-0.3, -0.25) is 4.68 Å². The van der Waals surface area contributed by atoms with Crippen LogP contribution in [0.1, 0.15) is 5.82 Å². The van der Waals surface area contributed by atoms with E-state index in [4.69, 9.17) is 0 Å². The highest BCUT2D eigenvalue weighted by Gasteiger charge is 2.06. The molecule has 6 nitrogen and oxygen atoms in total. The standard InChI is InChI=1S/C7H9N5O/c1-5-9-10-7(13)12(5)6-3-8-11(2)4-6/h3-4H,1-2H3,(H,10,13). The molecule has 0 saturated carbocycles. The van der Waals surface area contributed by atoms with E-state index in [1.807, 2.05) is 0 Å². The third kappa shape index (κ3) is 1.16. The average molecular weight is 179 g/mol. The van der Waals surface area contributed by atoms with E-state index >= 15 is 0 Å². The van der Waals surface area contributed by atoms with Crippen molar-refractivity contribution in [2.24, 2.45) is 7.05 Å². The lowest BCUT2D eigenvalue weighted by atomic mass is 10.5. The number of aromatic nitrogens is 5. The van der Waals surface area contributed by atoms with Gasteiger partial charge in [-0.15, -0.1) is 0 Å². The van der Waals surface area contributed by atoms with E-state index in [9.17, 15) is 4.79 Å². The SMILES string of the molecule is Cc1n[nH]c(=O)n1-c1cnn(C)c1. The van der Waals surface area contributed by atoms with Gasteiger partial charge >= 0.3 is 5.69 Å². The predicted octanol–water partition coefficient (Wildman–Crippen LogP) is -0.397. The fourth-order valence-corrected chi connectivity index (χ4v) is 1.20. The Kier molecular flexibility index (Phi) is 1.54. The molecule has 2 aromatic heterocycles. The zero-order valence-electron chi connectivity index (χ0n) is 7.35. The minimum Gasteiger partial charge on any atom is -0.274 e. The summed E-state index contributed by atoms with van der Waals surface area (Å²) in [7, 11) is 1.80. The summed E-state index contributed by atoms with van der Waals surface area (Å²) in [5, 5.41) is 10.1. The highest BCUT2D eigenvalue weighted by atomic mass is 16.1. The van der Waals surface area contributed by atoms with Crippen LogP contribution in [0.2, 0.25) is 0 Å². The Balaban J connectivity index is 2.64. The predicted molar refractivity (Wildman–Crippen MR) is 45.7 cm³/mol. The normalized spacial score (nSPS) is 10.6. The van der Waals surface area contributed by atoms with E-state index in [1.54, 1.807) is 31.0 Å². The molecule has 1 N–H and O–H groups in total. The molecule has 0 spiro atoms. The van der Waals surface area contributed by atoms with Crippen LogP contribution in [0.5, 0.6) is 0 Å². The Morgan fingerprint density at radius 1 is 1.54 bits per heavy atom.